The molecule has 55 heavy (non-hydrogen) atoms. The second-order valence-electron chi connectivity index (χ2n) is 11.5. The summed E-state index contributed by atoms with van der Waals surface area (Å²) in [5, 5.41) is -3.36. The predicted octanol–water partition coefficient (Wildman–Crippen LogP) is 15.6. The monoisotopic (exact) mass is 752 g/mol. The summed E-state index contributed by atoms with van der Waals surface area (Å²) in [7, 11) is 0. The van der Waals surface area contributed by atoms with Gasteiger partial charge in [-0.2, -0.15) is 0 Å². The smallest absolute Gasteiger partial charge is 0.159 e. The first-order chi connectivity index (χ1) is 41.0. The van der Waals surface area contributed by atoms with Gasteiger partial charge in [0, 0.05) is 53.3 Å². The van der Waals surface area contributed by atoms with E-state index in [9.17, 15) is 20.6 Å². The molecule has 11 rings (SSSR count). The molecule has 0 N–H and O–H groups in total. The molecule has 0 unspecified atom stereocenters. The van der Waals surface area contributed by atoms with E-state index in [4.69, 9.17) is 29.1 Å². The Bertz CT molecular complexity index is 4890. The highest BCUT2D eigenvalue weighted by Crippen LogP contribution is 2.48. The molecule has 258 valence electrons. The van der Waals surface area contributed by atoms with Gasteiger partial charge in [-0.05, 0) is 75.5 Å². The van der Waals surface area contributed by atoms with Crippen LogP contribution in [0.5, 0.6) is 0 Å². The second-order valence-corrected chi connectivity index (χ2v) is 12.5. The zero-order valence-electron chi connectivity index (χ0n) is 60.3. The highest BCUT2D eigenvalue weighted by atomic mass is 32.1. The molecule has 0 spiro atoms. The van der Waals surface area contributed by atoms with Crippen molar-refractivity contribution in [3.63, 3.8) is 0 Å². The van der Waals surface area contributed by atoms with Crippen molar-refractivity contribution in [2.24, 2.45) is 0 Å². The van der Waals surface area contributed by atoms with Crippen molar-refractivity contribution < 1.29 is 49.7 Å². The van der Waals surface area contributed by atoms with Crippen LogP contribution in [0, 0.1) is 0 Å². The van der Waals surface area contributed by atoms with E-state index < -0.39 is 283 Å². The average molecular weight is 753 g/mol. The molecule has 9 aromatic carbocycles. The Morgan fingerprint density at radius 3 is 1.56 bits per heavy atom. The standard InChI is InChI=1S/C52H33NOS/c1-3-13-34(14-4-1)36-25-29-38(30-26-36)53(39-31-27-37(28-32-39)35-15-5-2-6-16-35)48-23-12-20-43-47-33-46(40-17-7-8-19-42(40)50(47)54-51(43)48)45-22-11-21-44-41-18-9-10-24-49(41)55-52(44)45/h1-33H/i1D,2D,3D,4D,5D,6D,7D,8D,9D,10D,11D,12D,13D,14D,15D,16D,17D,18D,19D,20D,21D,22D,23D,24D,25D,26D,27D,28D,29D,30D,31D,32D,33D. The predicted molar refractivity (Wildman–Crippen MR) is 235 cm³/mol. The molecule has 2 nitrogen and oxygen atoms in total. The third-order valence-corrected chi connectivity index (χ3v) is 9.61. The molecule has 3 heteroatoms. The highest BCUT2D eigenvalue weighted by molar-refractivity contribution is 7.26. The molecule has 0 fully saturated rings. The molecule has 11 aromatic rings. The van der Waals surface area contributed by atoms with Crippen LogP contribution in [0.4, 0.5) is 17.1 Å². The number of furan rings is 1. The fourth-order valence-corrected chi connectivity index (χ4v) is 7.17. The van der Waals surface area contributed by atoms with Crippen molar-refractivity contribution in [3.05, 3.63) is 199 Å². The van der Waals surface area contributed by atoms with Gasteiger partial charge < -0.3 is 9.32 Å². The second kappa shape index (κ2) is 12.9. The van der Waals surface area contributed by atoms with Crippen LogP contribution in [0.1, 0.15) is 45.2 Å². The first kappa shape index (κ1) is 12.8. The van der Waals surface area contributed by atoms with E-state index in [2.05, 4.69) is 0 Å². The van der Waals surface area contributed by atoms with Gasteiger partial charge in [0.2, 0.25) is 0 Å². The van der Waals surface area contributed by atoms with Gasteiger partial charge in [-0.3, -0.25) is 0 Å². The Morgan fingerprint density at radius 1 is 0.382 bits per heavy atom. The summed E-state index contributed by atoms with van der Waals surface area (Å²) >= 11 is 0.595. The molecule has 0 saturated heterocycles. The molecular weight excluding hydrogens is 687 g/mol. The first-order valence-electron chi connectivity index (χ1n) is 32.5. The molecule has 0 radical (unpaired) electrons. The lowest BCUT2D eigenvalue weighted by Crippen LogP contribution is -2.10. The number of thiophene rings is 1. The van der Waals surface area contributed by atoms with Crippen LogP contribution in [0.15, 0.2) is 204 Å². The molecule has 0 amide bonds. The van der Waals surface area contributed by atoms with E-state index in [1.165, 1.54) is 0 Å². The zero-order valence-corrected chi connectivity index (χ0v) is 28.1. The summed E-state index contributed by atoms with van der Waals surface area (Å²) in [6, 6.07) is -32.9. The number of benzene rings is 9. The zero-order chi connectivity index (χ0) is 65.0. The summed E-state index contributed by atoms with van der Waals surface area (Å²) in [4.78, 5) is 0.367. The van der Waals surface area contributed by atoms with Crippen LogP contribution in [-0.2, 0) is 0 Å². The molecule has 2 aromatic heterocycles. The van der Waals surface area contributed by atoms with Crippen molar-refractivity contribution >= 4 is 81.3 Å². The number of para-hydroxylation sites is 1. The van der Waals surface area contributed by atoms with Crippen LogP contribution in [0.2, 0.25) is 0 Å². The van der Waals surface area contributed by atoms with E-state index in [-0.39, 0.29) is 20.2 Å². The maximum atomic E-state index is 10.2. The fourth-order valence-electron chi connectivity index (χ4n) is 6.10. The number of fused-ring (bicyclic) bond motifs is 8. The van der Waals surface area contributed by atoms with Crippen LogP contribution in [0.3, 0.4) is 0 Å². The molecule has 0 aliphatic heterocycles. The number of hydrogen-bond acceptors (Lipinski definition) is 3. The molecule has 0 aliphatic rings. The van der Waals surface area contributed by atoms with E-state index >= 15 is 0 Å². The van der Waals surface area contributed by atoms with Crippen molar-refractivity contribution in [2.45, 2.75) is 0 Å². The van der Waals surface area contributed by atoms with Crippen LogP contribution in [-0.4, -0.2) is 0 Å². The summed E-state index contributed by atoms with van der Waals surface area (Å²) in [6.45, 7) is 0. The van der Waals surface area contributed by atoms with Gasteiger partial charge in [0.15, 0.2) is 5.58 Å². The Morgan fingerprint density at radius 2 is 0.891 bits per heavy atom. The lowest BCUT2D eigenvalue weighted by atomic mass is 9.94. The van der Waals surface area contributed by atoms with Crippen molar-refractivity contribution in [2.75, 3.05) is 4.90 Å². The minimum absolute atomic E-state index is 0.181. The molecule has 2 heterocycles. The third-order valence-electron chi connectivity index (χ3n) is 8.49. The van der Waals surface area contributed by atoms with Gasteiger partial charge >= 0.3 is 0 Å². The van der Waals surface area contributed by atoms with Crippen LogP contribution in [0.25, 0.3) is 86.3 Å². The topological polar surface area (TPSA) is 16.4 Å². The lowest BCUT2D eigenvalue weighted by Gasteiger charge is -2.26. The highest BCUT2D eigenvalue weighted by Gasteiger charge is 2.22. The number of hydrogen-bond donors (Lipinski definition) is 0. The number of anilines is 3. The maximum absolute atomic E-state index is 10.2. The van der Waals surface area contributed by atoms with Gasteiger partial charge in [-0.15, -0.1) is 11.3 Å². The van der Waals surface area contributed by atoms with Gasteiger partial charge in [0.25, 0.3) is 0 Å². The Hall–Kier alpha value is -6.94. The minimum atomic E-state index is -1.29. The molecule has 0 atom stereocenters. The lowest BCUT2D eigenvalue weighted by molar-refractivity contribution is 0.673. The molecule has 0 bridgehead atoms. The van der Waals surface area contributed by atoms with Crippen molar-refractivity contribution in [3.8, 4) is 33.4 Å². The van der Waals surface area contributed by atoms with Crippen LogP contribution < -0.4 is 4.90 Å². The van der Waals surface area contributed by atoms with Crippen molar-refractivity contribution in [1.29, 1.82) is 0 Å². The normalized spacial score (nSPS) is 20.0. The largest absolute Gasteiger partial charge is 0.453 e. The van der Waals surface area contributed by atoms with Crippen molar-refractivity contribution in [1.82, 2.24) is 0 Å². The molecule has 0 saturated carbocycles. The summed E-state index contributed by atoms with van der Waals surface area (Å²) in [6.07, 6.45) is 0. The number of nitrogens with zero attached hydrogens (tertiary/aromatic N) is 1. The quantitative estimate of drug-likeness (QED) is 0.168. The molecule has 0 aliphatic carbocycles. The van der Waals surface area contributed by atoms with Gasteiger partial charge in [-0.1, -0.05) is 157 Å². The van der Waals surface area contributed by atoms with Gasteiger partial charge in [0.05, 0.1) is 50.9 Å². The maximum Gasteiger partial charge on any atom is 0.159 e. The average Bonchev–Trinajstić information content (AvgIpc) is 1.45. The Balaban J connectivity index is 1.38. The number of rotatable bonds is 6. The molecular formula is C52H33NOS. The Labute approximate surface area is 369 Å². The van der Waals surface area contributed by atoms with E-state index in [1.54, 1.807) is 0 Å². The Kier molecular flexibility index (Phi) is 3.00. The minimum Gasteiger partial charge on any atom is -0.453 e. The van der Waals surface area contributed by atoms with Crippen LogP contribution >= 0.6 is 11.3 Å². The summed E-state index contributed by atoms with van der Waals surface area (Å²) in [5.41, 5.74) is -9.87. The van der Waals surface area contributed by atoms with E-state index in [0.29, 0.717) is 16.2 Å². The summed E-state index contributed by atoms with van der Waals surface area (Å²) < 4.78 is 304. The summed E-state index contributed by atoms with van der Waals surface area (Å²) in [5.74, 6) is 0. The van der Waals surface area contributed by atoms with Gasteiger partial charge in [0.1, 0.15) is 5.58 Å². The third kappa shape index (κ3) is 5.24. The fraction of sp³-hybridized carbons (Fsp3) is 0. The van der Waals surface area contributed by atoms with E-state index in [1.807, 2.05) is 0 Å². The first-order valence-corrected chi connectivity index (χ1v) is 16.8. The van der Waals surface area contributed by atoms with Gasteiger partial charge in [-0.25, -0.2) is 0 Å². The SMILES string of the molecule is [2H]c1c([2H])c([2H])c(-c2c([2H])c([2H])c(N(c3c([2H])c([2H])c(-c4c([2H])c([2H])c([2H])c([2H])c4[2H])c([2H])c3[2H])c3c([2H])c([2H])c([2H])c4c3oc3c5c([2H])c([2H])c([2H])c([2H])c5c(-c5c([2H])c([2H])c([2H])c6c5sc5c([2H])c([2H])c([2H])c([2H])c56)c([2H])c34)c([2H])c2[2H])c([2H])c1[2H]. The van der Waals surface area contributed by atoms with E-state index in [0.717, 1.165) is 0 Å².